The molecule has 2 amide bonds. The summed E-state index contributed by atoms with van der Waals surface area (Å²) in [6.45, 7) is 0.450. The highest BCUT2D eigenvalue weighted by molar-refractivity contribution is 6.00. The molecule has 5 rings (SSSR count). The Hall–Kier alpha value is -3.29. The first-order chi connectivity index (χ1) is 14.1. The van der Waals surface area contributed by atoms with E-state index in [1.807, 2.05) is 59.3 Å². The van der Waals surface area contributed by atoms with E-state index < -0.39 is 12.3 Å². The number of aromatic nitrogens is 2. The molecule has 7 nitrogen and oxygen atoms in total. The maximum atomic E-state index is 12.2. The monoisotopic (exact) mass is 388 g/mol. The van der Waals surface area contributed by atoms with Crippen molar-refractivity contribution in [2.24, 2.45) is 0 Å². The quantitative estimate of drug-likeness (QED) is 0.672. The zero-order valence-corrected chi connectivity index (χ0v) is 15.7. The fraction of sp³-hybridized carbons (Fsp3) is 0.227. The van der Waals surface area contributed by atoms with Crippen LogP contribution in [-0.2, 0) is 16.1 Å². The summed E-state index contributed by atoms with van der Waals surface area (Å²) < 4.78 is 2.01. The molecule has 1 aromatic heterocycles. The minimum Gasteiger partial charge on any atom is -0.374 e. The van der Waals surface area contributed by atoms with E-state index in [1.165, 1.54) is 0 Å². The number of imidazole rings is 1. The lowest BCUT2D eigenvalue weighted by Crippen LogP contribution is -2.51. The van der Waals surface area contributed by atoms with Crippen LogP contribution in [-0.4, -0.2) is 37.4 Å². The van der Waals surface area contributed by atoms with E-state index in [9.17, 15) is 14.7 Å². The lowest BCUT2D eigenvalue weighted by atomic mass is 10.0. The van der Waals surface area contributed by atoms with Crippen LogP contribution in [0.3, 0.4) is 0 Å². The first-order valence-corrected chi connectivity index (χ1v) is 9.60. The molecule has 2 aromatic carbocycles. The minimum atomic E-state index is -0.862. The number of imide groups is 1. The zero-order valence-electron chi connectivity index (χ0n) is 15.7. The van der Waals surface area contributed by atoms with Crippen molar-refractivity contribution in [2.45, 2.75) is 31.7 Å². The highest BCUT2D eigenvalue weighted by atomic mass is 16.3. The minimum absolute atomic E-state index is 0.256. The van der Waals surface area contributed by atoms with Crippen LogP contribution in [0.2, 0.25) is 0 Å². The third kappa shape index (κ3) is 3.04. The van der Waals surface area contributed by atoms with Crippen LogP contribution in [0.5, 0.6) is 0 Å². The van der Waals surface area contributed by atoms with E-state index >= 15 is 0 Å². The summed E-state index contributed by atoms with van der Waals surface area (Å²) in [7, 11) is 0. The normalized spacial score (nSPS) is 21.8. The molecule has 0 spiro atoms. The smallest absolute Gasteiger partial charge is 0.244 e. The van der Waals surface area contributed by atoms with Crippen molar-refractivity contribution in [1.82, 2.24) is 19.8 Å². The lowest BCUT2D eigenvalue weighted by molar-refractivity contribution is -0.141. The van der Waals surface area contributed by atoms with Gasteiger partial charge in [0.2, 0.25) is 11.8 Å². The number of piperidine rings is 1. The summed E-state index contributed by atoms with van der Waals surface area (Å²) >= 11 is 0. The molecule has 2 unspecified atom stereocenters. The number of rotatable bonds is 3. The van der Waals surface area contributed by atoms with Gasteiger partial charge in [0.05, 0.1) is 24.3 Å². The van der Waals surface area contributed by atoms with E-state index in [0.717, 1.165) is 28.1 Å². The van der Waals surface area contributed by atoms with Gasteiger partial charge in [-0.2, -0.15) is 0 Å². The first-order valence-electron chi connectivity index (χ1n) is 9.60. The number of amides is 2. The van der Waals surface area contributed by atoms with Gasteiger partial charge in [-0.15, -0.1) is 0 Å². The fourth-order valence-electron chi connectivity index (χ4n) is 4.20. The van der Waals surface area contributed by atoms with Crippen molar-refractivity contribution in [3.05, 3.63) is 72.2 Å². The molecule has 3 aromatic rings. The molecule has 2 aliphatic rings. The van der Waals surface area contributed by atoms with E-state index in [0.29, 0.717) is 13.0 Å². The topological polar surface area (TPSA) is 87.5 Å². The summed E-state index contributed by atoms with van der Waals surface area (Å²) in [6.07, 6.45) is 3.44. The van der Waals surface area contributed by atoms with Crippen molar-refractivity contribution in [3.8, 4) is 16.9 Å². The Labute approximate surface area is 167 Å². The number of hydrogen-bond donors (Lipinski definition) is 2. The molecular weight excluding hydrogens is 368 g/mol. The Balaban J connectivity index is 1.46. The molecule has 146 valence electrons. The first kappa shape index (κ1) is 17.8. The number of fused-ring (bicyclic) bond motifs is 1. The van der Waals surface area contributed by atoms with Gasteiger partial charge in [0.1, 0.15) is 6.23 Å². The van der Waals surface area contributed by atoms with Crippen molar-refractivity contribution in [2.75, 3.05) is 0 Å². The molecule has 0 bridgehead atoms. The van der Waals surface area contributed by atoms with Crippen LogP contribution in [0.1, 0.15) is 30.2 Å². The van der Waals surface area contributed by atoms with Gasteiger partial charge in [-0.05, 0) is 24.1 Å². The van der Waals surface area contributed by atoms with Crippen LogP contribution < -0.4 is 5.32 Å². The second-order valence-electron chi connectivity index (χ2n) is 7.41. The van der Waals surface area contributed by atoms with E-state index in [1.54, 1.807) is 11.2 Å². The van der Waals surface area contributed by atoms with Gasteiger partial charge in [0.25, 0.3) is 0 Å². The molecule has 0 radical (unpaired) electrons. The van der Waals surface area contributed by atoms with Gasteiger partial charge < -0.3 is 5.11 Å². The third-order valence-corrected chi connectivity index (χ3v) is 5.67. The summed E-state index contributed by atoms with van der Waals surface area (Å²) in [5.41, 5.74) is 4.74. The molecule has 1 saturated heterocycles. The van der Waals surface area contributed by atoms with Gasteiger partial charge in [-0.25, -0.2) is 4.98 Å². The number of hydrogen-bond acceptors (Lipinski definition) is 5. The third-order valence-electron chi connectivity index (χ3n) is 5.67. The predicted molar refractivity (Wildman–Crippen MR) is 106 cm³/mol. The predicted octanol–water partition coefficient (Wildman–Crippen LogP) is 2.15. The number of carbonyl (C=O) groups excluding carboxylic acids is 2. The molecule has 0 aliphatic carbocycles. The summed E-state index contributed by atoms with van der Waals surface area (Å²) in [5, 5.41) is 13.1. The molecule has 2 aliphatic heterocycles. The molecule has 7 heteroatoms. The Kier molecular flexibility index (Phi) is 4.26. The molecule has 2 atom stereocenters. The Morgan fingerprint density at radius 3 is 2.72 bits per heavy atom. The van der Waals surface area contributed by atoms with Crippen molar-refractivity contribution >= 4 is 11.8 Å². The maximum absolute atomic E-state index is 12.2. The Bertz CT molecular complexity index is 1090. The van der Waals surface area contributed by atoms with Gasteiger partial charge in [-0.1, -0.05) is 36.4 Å². The van der Waals surface area contributed by atoms with Gasteiger partial charge in [0, 0.05) is 29.8 Å². The van der Waals surface area contributed by atoms with Crippen LogP contribution in [0.15, 0.2) is 61.1 Å². The van der Waals surface area contributed by atoms with Crippen LogP contribution in [0, 0.1) is 0 Å². The molecule has 1 fully saturated rings. The standard InChI is InChI=1S/C22H20N4O3/c27-20-9-8-18(21(28)24-20)25-12-15-10-16(6-7-17(15)22(25)29)26-13-23-11-19(26)14-4-2-1-3-5-14/h1-7,10-11,13,18,22,29H,8-9,12H2,(H,24,27,28). The second-order valence-corrected chi connectivity index (χ2v) is 7.41. The van der Waals surface area contributed by atoms with E-state index in [2.05, 4.69) is 10.3 Å². The molecule has 2 N–H and O–H groups in total. The van der Waals surface area contributed by atoms with Crippen LogP contribution in [0.25, 0.3) is 16.9 Å². The van der Waals surface area contributed by atoms with Crippen molar-refractivity contribution in [1.29, 1.82) is 0 Å². The number of aliphatic hydroxyl groups excluding tert-OH is 1. The van der Waals surface area contributed by atoms with Gasteiger partial charge in [0.15, 0.2) is 0 Å². The largest absolute Gasteiger partial charge is 0.374 e. The summed E-state index contributed by atoms with van der Waals surface area (Å²) in [6, 6.07) is 15.4. The second kappa shape index (κ2) is 6.95. The molecule has 0 saturated carbocycles. The summed E-state index contributed by atoms with van der Waals surface area (Å²) in [4.78, 5) is 29.7. The van der Waals surface area contributed by atoms with Crippen LogP contribution >= 0.6 is 0 Å². The Morgan fingerprint density at radius 1 is 1.10 bits per heavy atom. The molecular formula is C22H20N4O3. The number of nitrogens with one attached hydrogen (secondary N) is 1. The highest BCUT2D eigenvalue weighted by Crippen LogP contribution is 2.36. The maximum Gasteiger partial charge on any atom is 0.244 e. The van der Waals surface area contributed by atoms with Gasteiger partial charge >= 0.3 is 0 Å². The fourth-order valence-corrected chi connectivity index (χ4v) is 4.20. The van der Waals surface area contributed by atoms with E-state index in [-0.39, 0.29) is 18.2 Å². The number of benzene rings is 2. The number of aliphatic hydroxyl groups is 1. The van der Waals surface area contributed by atoms with Crippen molar-refractivity contribution in [3.63, 3.8) is 0 Å². The molecule has 3 heterocycles. The highest BCUT2D eigenvalue weighted by Gasteiger charge is 2.39. The lowest BCUT2D eigenvalue weighted by Gasteiger charge is -2.31. The average molecular weight is 388 g/mol. The number of nitrogens with zero attached hydrogens (tertiary/aromatic N) is 3. The average Bonchev–Trinajstić information content (AvgIpc) is 3.34. The number of carbonyl (C=O) groups is 2. The summed E-state index contributed by atoms with van der Waals surface area (Å²) in [5.74, 6) is -0.595. The SMILES string of the molecule is O=C1CCC(N2Cc3cc(-n4cncc4-c4ccccc4)ccc3C2O)C(=O)N1. The van der Waals surface area contributed by atoms with Crippen molar-refractivity contribution < 1.29 is 14.7 Å². The Morgan fingerprint density at radius 2 is 1.93 bits per heavy atom. The molecule has 29 heavy (non-hydrogen) atoms. The van der Waals surface area contributed by atoms with Gasteiger partial charge in [-0.3, -0.25) is 24.4 Å². The van der Waals surface area contributed by atoms with Crippen LogP contribution in [0.4, 0.5) is 0 Å². The zero-order chi connectivity index (χ0) is 20.0. The van der Waals surface area contributed by atoms with E-state index in [4.69, 9.17) is 0 Å².